The van der Waals surface area contributed by atoms with Crippen LogP contribution in [0.3, 0.4) is 0 Å². The Morgan fingerprint density at radius 1 is 0.971 bits per heavy atom. The number of nitrogens with one attached hydrogen (secondary N) is 1. The van der Waals surface area contributed by atoms with Crippen molar-refractivity contribution in [1.82, 2.24) is 9.97 Å². The molecule has 0 unspecified atom stereocenters. The Kier molecular flexibility index (Phi) is 6.99. The number of H-pyrrole nitrogens is 1. The van der Waals surface area contributed by atoms with Crippen molar-refractivity contribution in [2.45, 2.75) is 13.5 Å². The van der Waals surface area contributed by atoms with Gasteiger partial charge in [-0.1, -0.05) is 18.2 Å². The molecule has 172 valence electrons. The average molecular weight is 456 g/mol. The number of hydrogen-bond acceptors (Lipinski definition) is 6. The lowest BCUT2D eigenvalue weighted by atomic mass is 10.1. The van der Waals surface area contributed by atoms with Crippen molar-refractivity contribution in [2.75, 3.05) is 20.8 Å². The molecule has 4 rings (SSSR count). The van der Waals surface area contributed by atoms with Crippen molar-refractivity contribution in [3.05, 3.63) is 77.6 Å². The number of hydrogen-bond donors (Lipinski definition) is 1. The van der Waals surface area contributed by atoms with E-state index in [2.05, 4.69) is 16.0 Å². The maximum Gasteiger partial charge on any atom is 0.161 e. The predicted octanol–water partition coefficient (Wildman–Crippen LogP) is 5.62. The Bertz CT molecular complexity index is 1340. The lowest BCUT2D eigenvalue weighted by Crippen LogP contribution is -2.02. The number of rotatable bonds is 9. The minimum atomic E-state index is 0.276. The minimum Gasteiger partial charge on any atom is -0.497 e. The number of allylic oxidation sites excluding steroid dienone is 1. The fourth-order valence-corrected chi connectivity index (χ4v) is 3.55. The van der Waals surface area contributed by atoms with Crippen LogP contribution in [0.5, 0.6) is 23.0 Å². The van der Waals surface area contributed by atoms with Gasteiger partial charge in [-0.3, -0.25) is 0 Å². The lowest BCUT2D eigenvalue weighted by molar-refractivity contribution is 0.264. The van der Waals surface area contributed by atoms with Gasteiger partial charge < -0.3 is 23.9 Å². The SMILES string of the molecule is CCOc1cc(/C=C(\C#N)c2nc3ccccc3[nH]2)ccc1OCc1cc(OC)ccc1OC. The molecule has 0 aliphatic rings. The fourth-order valence-electron chi connectivity index (χ4n) is 3.55. The molecule has 0 aliphatic carbocycles. The first-order chi connectivity index (χ1) is 16.6. The molecular formula is C27H25N3O4. The van der Waals surface area contributed by atoms with Crippen molar-refractivity contribution in [1.29, 1.82) is 5.26 Å². The van der Waals surface area contributed by atoms with Crippen LogP contribution in [-0.4, -0.2) is 30.8 Å². The Morgan fingerprint density at radius 3 is 2.53 bits per heavy atom. The van der Waals surface area contributed by atoms with Gasteiger partial charge in [0.1, 0.15) is 30.0 Å². The number of aromatic nitrogens is 2. The van der Waals surface area contributed by atoms with Crippen LogP contribution in [-0.2, 0) is 6.61 Å². The van der Waals surface area contributed by atoms with Gasteiger partial charge in [0.05, 0.1) is 37.4 Å². The summed E-state index contributed by atoms with van der Waals surface area (Å²) in [6.07, 6.45) is 1.77. The molecule has 4 aromatic rings. The molecule has 0 amide bonds. The number of benzene rings is 3. The second kappa shape index (κ2) is 10.5. The molecule has 34 heavy (non-hydrogen) atoms. The number of para-hydroxylation sites is 2. The van der Waals surface area contributed by atoms with E-state index in [1.54, 1.807) is 20.3 Å². The monoisotopic (exact) mass is 455 g/mol. The Morgan fingerprint density at radius 2 is 1.79 bits per heavy atom. The second-order valence-electron chi connectivity index (χ2n) is 7.38. The van der Waals surface area contributed by atoms with E-state index in [0.29, 0.717) is 35.3 Å². The van der Waals surface area contributed by atoms with Crippen LogP contribution in [0.4, 0.5) is 0 Å². The molecule has 3 aromatic carbocycles. The number of ether oxygens (including phenoxy) is 4. The van der Waals surface area contributed by atoms with Crippen LogP contribution in [0, 0.1) is 11.3 Å². The van der Waals surface area contributed by atoms with E-state index in [1.165, 1.54) is 0 Å². The molecule has 0 bridgehead atoms. The van der Waals surface area contributed by atoms with E-state index in [4.69, 9.17) is 18.9 Å². The van der Waals surface area contributed by atoms with Crippen molar-refractivity contribution >= 4 is 22.7 Å². The zero-order chi connectivity index (χ0) is 23.9. The summed E-state index contributed by atoms with van der Waals surface area (Å²) in [6.45, 7) is 2.66. The highest BCUT2D eigenvalue weighted by molar-refractivity contribution is 5.90. The van der Waals surface area contributed by atoms with Crippen molar-refractivity contribution in [3.8, 4) is 29.1 Å². The van der Waals surface area contributed by atoms with Crippen LogP contribution >= 0.6 is 0 Å². The summed E-state index contributed by atoms with van der Waals surface area (Å²) < 4.78 is 22.6. The van der Waals surface area contributed by atoms with Crippen LogP contribution < -0.4 is 18.9 Å². The quantitative estimate of drug-likeness (QED) is 0.329. The van der Waals surface area contributed by atoms with Crippen LogP contribution in [0.1, 0.15) is 23.9 Å². The zero-order valence-electron chi connectivity index (χ0n) is 19.3. The average Bonchev–Trinajstić information content (AvgIpc) is 3.31. The zero-order valence-corrected chi connectivity index (χ0v) is 19.3. The Balaban J connectivity index is 1.60. The lowest BCUT2D eigenvalue weighted by Gasteiger charge is -2.15. The second-order valence-corrected chi connectivity index (χ2v) is 7.38. The molecule has 0 fully saturated rings. The summed E-state index contributed by atoms with van der Waals surface area (Å²) in [5, 5.41) is 9.74. The third-order valence-electron chi connectivity index (χ3n) is 5.21. The van der Waals surface area contributed by atoms with Crippen LogP contribution in [0.2, 0.25) is 0 Å². The van der Waals surface area contributed by atoms with E-state index in [9.17, 15) is 5.26 Å². The molecular weight excluding hydrogens is 430 g/mol. The van der Waals surface area contributed by atoms with Gasteiger partial charge >= 0.3 is 0 Å². The summed E-state index contributed by atoms with van der Waals surface area (Å²) >= 11 is 0. The smallest absolute Gasteiger partial charge is 0.161 e. The highest BCUT2D eigenvalue weighted by Gasteiger charge is 2.12. The number of aromatic amines is 1. The number of nitriles is 1. The fraction of sp³-hybridized carbons (Fsp3) is 0.185. The van der Waals surface area contributed by atoms with Gasteiger partial charge in [0.15, 0.2) is 11.5 Å². The third-order valence-corrected chi connectivity index (χ3v) is 5.21. The van der Waals surface area contributed by atoms with Crippen LogP contribution in [0.25, 0.3) is 22.7 Å². The molecule has 7 heteroatoms. The molecule has 1 N–H and O–H groups in total. The molecule has 0 saturated carbocycles. The molecule has 0 spiro atoms. The standard InChI is InChI=1S/C27H25N3O4/c1-4-33-26-14-18(13-19(16-28)27-29-22-7-5-6-8-23(22)30-27)9-11-25(26)34-17-20-15-21(31-2)10-12-24(20)32-3/h5-15H,4,17H2,1-3H3,(H,29,30)/b19-13+. The summed E-state index contributed by atoms with van der Waals surface area (Å²) in [7, 11) is 3.24. The van der Waals surface area contributed by atoms with Gasteiger partial charge in [-0.25, -0.2) is 4.98 Å². The first-order valence-electron chi connectivity index (χ1n) is 10.8. The van der Waals surface area contributed by atoms with Crippen LogP contribution in [0.15, 0.2) is 60.7 Å². The summed E-state index contributed by atoms with van der Waals surface area (Å²) in [6, 6.07) is 21.0. The number of imidazole rings is 1. The molecule has 0 saturated heterocycles. The van der Waals surface area contributed by atoms with Crippen molar-refractivity contribution in [2.24, 2.45) is 0 Å². The first-order valence-corrected chi connectivity index (χ1v) is 10.8. The third kappa shape index (κ3) is 4.97. The van der Waals surface area contributed by atoms with Gasteiger partial charge in [-0.05, 0) is 61.0 Å². The van der Waals surface area contributed by atoms with Gasteiger partial charge in [0.2, 0.25) is 0 Å². The number of nitrogens with zero attached hydrogens (tertiary/aromatic N) is 2. The van der Waals surface area contributed by atoms with Gasteiger partial charge in [-0.2, -0.15) is 5.26 Å². The topological polar surface area (TPSA) is 89.4 Å². The molecule has 1 aromatic heterocycles. The highest BCUT2D eigenvalue weighted by atomic mass is 16.5. The maximum absolute atomic E-state index is 9.74. The molecule has 0 radical (unpaired) electrons. The maximum atomic E-state index is 9.74. The van der Waals surface area contributed by atoms with Gasteiger partial charge in [0, 0.05) is 5.56 Å². The molecule has 0 atom stereocenters. The summed E-state index contributed by atoms with van der Waals surface area (Å²) in [5.41, 5.74) is 3.76. The summed E-state index contributed by atoms with van der Waals surface area (Å²) in [4.78, 5) is 7.72. The molecule has 1 heterocycles. The largest absolute Gasteiger partial charge is 0.497 e. The van der Waals surface area contributed by atoms with E-state index in [1.807, 2.05) is 67.6 Å². The Labute approximate surface area is 198 Å². The molecule has 0 aliphatic heterocycles. The highest BCUT2D eigenvalue weighted by Crippen LogP contribution is 2.32. The molecule has 7 nitrogen and oxygen atoms in total. The minimum absolute atomic E-state index is 0.276. The van der Waals surface area contributed by atoms with E-state index in [0.717, 1.165) is 27.9 Å². The van der Waals surface area contributed by atoms with Gasteiger partial charge in [0.25, 0.3) is 0 Å². The van der Waals surface area contributed by atoms with E-state index in [-0.39, 0.29) is 6.61 Å². The number of fused-ring (bicyclic) bond motifs is 1. The van der Waals surface area contributed by atoms with Crippen molar-refractivity contribution < 1.29 is 18.9 Å². The first kappa shape index (κ1) is 22.7. The van der Waals surface area contributed by atoms with E-state index >= 15 is 0 Å². The van der Waals surface area contributed by atoms with E-state index < -0.39 is 0 Å². The van der Waals surface area contributed by atoms with Gasteiger partial charge in [-0.15, -0.1) is 0 Å². The van der Waals surface area contributed by atoms with Crippen molar-refractivity contribution in [3.63, 3.8) is 0 Å². The normalized spacial score (nSPS) is 11.2. The Hall–Kier alpha value is -4.44. The number of methoxy groups -OCH3 is 2. The predicted molar refractivity (Wildman–Crippen MR) is 131 cm³/mol. The summed E-state index contributed by atoms with van der Waals surface area (Å²) in [5.74, 6) is 3.13.